The topological polar surface area (TPSA) is 74.3 Å². The summed E-state index contributed by atoms with van der Waals surface area (Å²) in [4.78, 5) is 5.47. The summed E-state index contributed by atoms with van der Waals surface area (Å²) in [7, 11) is -3.66. The summed E-state index contributed by atoms with van der Waals surface area (Å²) in [6, 6.07) is 14.1. The molecule has 0 saturated heterocycles. The molecule has 0 atom stereocenters. The molecule has 112 valence electrons. The number of rotatable bonds is 4. The number of hydrogen-bond acceptors (Lipinski definition) is 3. The first-order chi connectivity index (χ1) is 10.6. The number of benzene rings is 2. The van der Waals surface area contributed by atoms with Crippen molar-refractivity contribution in [3.05, 3.63) is 64.8 Å². The van der Waals surface area contributed by atoms with Crippen LogP contribution in [0.4, 0.5) is 0 Å². The maximum Gasteiger partial charge on any atom is 0.276 e. The summed E-state index contributed by atoms with van der Waals surface area (Å²) in [5.74, 6) is 0. The largest absolute Gasteiger partial charge is 0.361 e. The zero-order valence-electron chi connectivity index (χ0n) is 11.3. The number of nitrogens with zero attached hydrogens (tertiary/aromatic N) is 1. The van der Waals surface area contributed by atoms with E-state index in [2.05, 4.69) is 30.8 Å². The molecule has 0 fully saturated rings. The first kappa shape index (κ1) is 14.8. The molecule has 3 rings (SSSR count). The van der Waals surface area contributed by atoms with Gasteiger partial charge < -0.3 is 4.98 Å². The molecule has 0 unspecified atom stereocenters. The zero-order valence-corrected chi connectivity index (χ0v) is 13.7. The van der Waals surface area contributed by atoms with Gasteiger partial charge in [0.05, 0.1) is 11.1 Å². The van der Waals surface area contributed by atoms with E-state index in [0.717, 1.165) is 20.9 Å². The molecule has 1 heterocycles. The van der Waals surface area contributed by atoms with Crippen LogP contribution in [0.25, 0.3) is 10.9 Å². The number of H-pyrrole nitrogens is 1. The van der Waals surface area contributed by atoms with Crippen LogP contribution in [0.5, 0.6) is 0 Å². The predicted molar refractivity (Wildman–Crippen MR) is 90.4 cm³/mol. The molecule has 2 aromatic carbocycles. The number of aromatic amines is 1. The summed E-state index contributed by atoms with van der Waals surface area (Å²) in [6.45, 7) is 0. The molecule has 7 heteroatoms. The molecule has 0 aliphatic heterocycles. The SMILES string of the molecule is O=S(=O)(N/N=C\c1c[nH]c2ccccc12)c1ccc(Br)cc1. The Labute approximate surface area is 136 Å². The van der Waals surface area contributed by atoms with E-state index in [-0.39, 0.29) is 4.90 Å². The van der Waals surface area contributed by atoms with Crippen LogP contribution < -0.4 is 4.83 Å². The van der Waals surface area contributed by atoms with Crippen molar-refractivity contribution < 1.29 is 8.42 Å². The highest BCUT2D eigenvalue weighted by Crippen LogP contribution is 2.16. The van der Waals surface area contributed by atoms with Gasteiger partial charge in [-0.1, -0.05) is 34.1 Å². The Hall–Kier alpha value is -2.12. The van der Waals surface area contributed by atoms with Crippen molar-refractivity contribution in [3.8, 4) is 0 Å². The fourth-order valence-electron chi connectivity index (χ4n) is 2.03. The quantitative estimate of drug-likeness (QED) is 0.540. The molecule has 0 aliphatic carbocycles. The summed E-state index contributed by atoms with van der Waals surface area (Å²) in [5, 5.41) is 4.82. The van der Waals surface area contributed by atoms with Gasteiger partial charge in [0, 0.05) is 27.1 Å². The predicted octanol–water partition coefficient (Wildman–Crippen LogP) is 3.24. The third-order valence-electron chi connectivity index (χ3n) is 3.12. The van der Waals surface area contributed by atoms with Crippen molar-refractivity contribution in [3.63, 3.8) is 0 Å². The van der Waals surface area contributed by atoms with Crippen LogP contribution in [0.1, 0.15) is 5.56 Å². The van der Waals surface area contributed by atoms with Crippen molar-refractivity contribution in [2.75, 3.05) is 0 Å². The monoisotopic (exact) mass is 377 g/mol. The Morgan fingerprint density at radius 3 is 2.59 bits per heavy atom. The molecule has 5 nitrogen and oxygen atoms in total. The molecule has 0 amide bonds. The first-order valence-corrected chi connectivity index (χ1v) is 8.70. The number of para-hydroxylation sites is 1. The minimum Gasteiger partial charge on any atom is -0.361 e. The maximum absolute atomic E-state index is 12.1. The molecule has 0 bridgehead atoms. The highest BCUT2D eigenvalue weighted by Gasteiger charge is 2.12. The molecule has 0 spiro atoms. The minimum absolute atomic E-state index is 0.159. The van der Waals surface area contributed by atoms with Crippen LogP contribution in [0, 0.1) is 0 Å². The minimum atomic E-state index is -3.66. The second kappa shape index (κ2) is 5.94. The fraction of sp³-hybridized carbons (Fsp3) is 0. The van der Waals surface area contributed by atoms with Gasteiger partial charge in [-0.2, -0.15) is 13.5 Å². The van der Waals surface area contributed by atoms with Gasteiger partial charge in [-0.3, -0.25) is 0 Å². The molecular formula is C15H12BrN3O2S. The van der Waals surface area contributed by atoms with E-state index in [1.165, 1.54) is 18.3 Å². The lowest BCUT2D eigenvalue weighted by Gasteiger charge is -2.02. The third-order valence-corrected chi connectivity index (χ3v) is 4.89. The van der Waals surface area contributed by atoms with Gasteiger partial charge in [0.2, 0.25) is 0 Å². The Bertz CT molecular complexity index is 931. The molecule has 3 aromatic rings. The Balaban J connectivity index is 1.80. The molecule has 1 aromatic heterocycles. The van der Waals surface area contributed by atoms with Gasteiger partial charge in [-0.15, -0.1) is 0 Å². The van der Waals surface area contributed by atoms with Crippen LogP contribution in [-0.4, -0.2) is 19.6 Å². The summed E-state index contributed by atoms with van der Waals surface area (Å²) in [6.07, 6.45) is 3.26. The van der Waals surface area contributed by atoms with Crippen LogP contribution in [0.3, 0.4) is 0 Å². The zero-order chi connectivity index (χ0) is 15.6. The van der Waals surface area contributed by atoms with E-state index >= 15 is 0 Å². The van der Waals surface area contributed by atoms with E-state index < -0.39 is 10.0 Å². The van der Waals surface area contributed by atoms with Crippen molar-refractivity contribution in [1.29, 1.82) is 0 Å². The standard InChI is InChI=1S/C15H12BrN3O2S/c16-12-5-7-13(8-6-12)22(20,21)19-18-10-11-9-17-15-4-2-1-3-14(11)15/h1-10,17,19H/b18-10-. The van der Waals surface area contributed by atoms with Gasteiger partial charge >= 0.3 is 0 Å². The number of aromatic nitrogens is 1. The van der Waals surface area contributed by atoms with E-state index in [1.54, 1.807) is 18.3 Å². The lowest BCUT2D eigenvalue weighted by molar-refractivity contribution is 0.584. The van der Waals surface area contributed by atoms with Crippen molar-refractivity contribution in [1.82, 2.24) is 9.82 Å². The Kier molecular flexibility index (Phi) is 4.00. The van der Waals surface area contributed by atoms with E-state index in [9.17, 15) is 8.42 Å². The molecule has 22 heavy (non-hydrogen) atoms. The average Bonchev–Trinajstić information content (AvgIpc) is 2.91. The smallest absolute Gasteiger partial charge is 0.276 e. The lowest BCUT2D eigenvalue weighted by atomic mass is 10.2. The van der Waals surface area contributed by atoms with Gasteiger partial charge in [-0.05, 0) is 30.3 Å². The van der Waals surface area contributed by atoms with Crippen molar-refractivity contribution in [2.45, 2.75) is 4.90 Å². The molecule has 0 aliphatic rings. The van der Waals surface area contributed by atoms with Crippen LogP contribution >= 0.6 is 15.9 Å². The van der Waals surface area contributed by atoms with E-state index in [0.29, 0.717) is 0 Å². The summed E-state index contributed by atoms with van der Waals surface area (Å²) < 4.78 is 25.0. The molecule has 2 N–H and O–H groups in total. The average molecular weight is 378 g/mol. The highest BCUT2D eigenvalue weighted by atomic mass is 79.9. The number of fused-ring (bicyclic) bond motifs is 1. The summed E-state index contributed by atoms with van der Waals surface area (Å²) in [5.41, 5.74) is 1.79. The Morgan fingerprint density at radius 2 is 1.82 bits per heavy atom. The van der Waals surface area contributed by atoms with Gasteiger partial charge in [0.15, 0.2) is 0 Å². The molecule has 0 saturated carbocycles. The third kappa shape index (κ3) is 3.05. The van der Waals surface area contributed by atoms with E-state index in [1.807, 2.05) is 24.3 Å². The number of halogens is 1. The van der Waals surface area contributed by atoms with Crippen LogP contribution in [-0.2, 0) is 10.0 Å². The highest BCUT2D eigenvalue weighted by molar-refractivity contribution is 9.10. The van der Waals surface area contributed by atoms with Gasteiger partial charge in [0.25, 0.3) is 10.0 Å². The fourth-order valence-corrected chi connectivity index (χ4v) is 3.09. The van der Waals surface area contributed by atoms with E-state index in [4.69, 9.17) is 0 Å². The van der Waals surface area contributed by atoms with Crippen molar-refractivity contribution in [2.24, 2.45) is 5.10 Å². The maximum atomic E-state index is 12.1. The van der Waals surface area contributed by atoms with Crippen LogP contribution in [0.2, 0.25) is 0 Å². The van der Waals surface area contributed by atoms with Gasteiger partial charge in [-0.25, -0.2) is 4.83 Å². The Morgan fingerprint density at radius 1 is 1.09 bits per heavy atom. The molecular weight excluding hydrogens is 366 g/mol. The number of hydrogen-bond donors (Lipinski definition) is 2. The normalized spacial score (nSPS) is 12.0. The number of hydrazone groups is 1. The van der Waals surface area contributed by atoms with Crippen molar-refractivity contribution >= 4 is 43.1 Å². The first-order valence-electron chi connectivity index (χ1n) is 6.43. The number of sulfonamides is 1. The second-order valence-corrected chi connectivity index (χ2v) is 7.17. The summed E-state index contributed by atoms with van der Waals surface area (Å²) >= 11 is 3.27. The lowest BCUT2D eigenvalue weighted by Crippen LogP contribution is -2.18. The van der Waals surface area contributed by atoms with Gasteiger partial charge in [0.1, 0.15) is 0 Å². The molecule has 0 radical (unpaired) electrons. The number of nitrogens with one attached hydrogen (secondary N) is 2. The van der Waals surface area contributed by atoms with Crippen LogP contribution in [0.15, 0.2) is 69.2 Å². The second-order valence-electron chi connectivity index (χ2n) is 4.60.